The third-order valence-electron chi connectivity index (χ3n) is 6.53. The Balaban J connectivity index is 4.52. The summed E-state index contributed by atoms with van der Waals surface area (Å²) in [4.78, 5) is 0. The van der Waals surface area contributed by atoms with Crippen molar-refractivity contribution in [2.24, 2.45) is 0 Å². The Morgan fingerprint density at radius 2 is 0.724 bits per heavy atom. The van der Waals surface area contributed by atoms with Gasteiger partial charge in [0.05, 0.1) is 18.5 Å². The second kappa shape index (κ2) is 23.1. The van der Waals surface area contributed by atoms with Crippen molar-refractivity contribution in [2.45, 2.75) is 143 Å². The van der Waals surface area contributed by atoms with Crippen molar-refractivity contribution in [3.63, 3.8) is 0 Å². The lowest BCUT2D eigenvalue weighted by molar-refractivity contribution is 0.193. The molecule has 0 bridgehead atoms. The highest BCUT2D eigenvalue weighted by Crippen LogP contribution is 2.60. The molecule has 1 nitrogen and oxygen atoms in total. The van der Waals surface area contributed by atoms with Gasteiger partial charge in [0.25, 0.3) is 0 Å². The van der Waals surface area contributed by atoms with Crippen LogP contribution in [0.25, 0.3) is 0 Å². The van der Waals surface area contributed by atoms with E-state index in [1.807, 2.05) is 0 Å². The summed E-state index contributed by atoms with van der Waals surface area (Å²) in [7, 11) is -0.902. The fraction of sp³-hybridized carbons (Fsp3) is 1.00. The molecule has 0 aliphatic rings. The topological polar surface area (TPSA) is 9.23 Å². The summed E-state index contributed by atoms with van der Waals surface area (Å²) in [5.41, 5.74) is 0. The van der Waals surface area contributed by atoms with E-state index < -0.39 is 7.26 Å². The van der Waals surface area contributed by atoms with Crippen LogP contribution in [0.2, 0.25) is 0 Å². The van der Waals surface area contributed by atoms with E-state index in [0.29, 0.717) is 0 Å². The normalized spacial score (nSPS) is 12.0. The molecule has 0 radical (unpaired) electrons. The molecule has 0 saturated heterocycles. The monoisotopic (exact) mass is 429 g/mol. The standard InChI is InChI=1S/C27H58OP/c1-5-9-12-15-18-21-24-29(27-28-8-4,25-22-19-16-13-10-6-2)26-23-20-17-14-11-7-3/h5-27H2,1-4H3/q+1. The fourth-order valence-electron chi connectivity index (χ4n) is 4.50. The maximum absolute atomic E-state index is 6.14. The molecule has 0 heterocycles. The Morgan fingerprint density at radius 1 is 0.414 bits per heavy atom. The molecule has 0 rings (SSSR count). The van der Waals surface area contributed by atoms with E-state index in [2.05, 4.69) is 27.7 Å². The van der Waals surface area contributed by atoms with Crippen LogP contribution in [-0.2, 0) is 4.74 Å². The second-order valence-electron chi connectivity index (χ2n) is 9.44. The first-order chi connectivity index (χ1) is 14.2. The van der Waals surface area contributed by atoms with Gasteiger partial charge in [-0.25, -0.2) is 0 Å². The Hall–Kier alpha value is 0.390. The van der Waals surface area contributed by atoms with Crippen LogP contribution in [-0.4, -0.2) is 31.4 Å². The molecule has 0 aliphatic carbocycles. The Bertz CT molecular complexity index is 264. The average Bonchev–Trinajstić information content (AvgIpc) is 2.74. The fourth-order valence-corrected chi connectivity index (χ4v) is 8.81. The summed E-state index contributed by atoms with van der Waals surface area (Å²) < 4.78 is 6.14. The maximum Gasteiger partial charge on any atom is 0.157 e. The van der Waals surface area contributed by atoms with E-state index in [4.69, 9.17) is 4.74 Å². The molecule has 0 aromatic heterocycles. The minimum atomic E-state index is -0.902. The minimum absolute atomic E-state index is 0.902. The van der Waals surface area contributed by atoms with E-state index in [9.17, 15) is 0 Å². The molecule has 2 heteroatoms. The number of hydrogen-bond donors (Lipinski definition) is 0. The number of rotatable bonds is 24. The number of ether oxygens (including phenoxy) is 1. The van der Waals surface area contributed by atoms with Gasteiger partial charge in [0.2, 0.25) is 0 Å². The van der Waals surface area contributed by atoms with E-state index in [-0.39, 0.29) is 0 Å². The highest BCUT2D eigenvalue weighted by molar-refractivity contribution is 7.75. The highest BCUT2D eigenvalue weighted by atomic mass is 31.2. The van der Waals surface area contributed by atoms with Crippen molar-refractivity contribution in [1.29, 1.82) is 0 Å². The molecular weight excluding hydrogens is 371 g/mol. The highest BCUT2D eigenvalue weighted by Gasteiger charge is 2.36. The molecule has 0 fully saturated rings. The molecule has 0 aromatic carbocycles. The van der Waals surface area contributed by atoms with Gasteiger partial charge in [0.15, 0.2) is 6.35 Å². The molecular formula is C27H58OP+. The third-order valence-corrected chi connectivity index (χ3v) is 11.1. The molecule has 0 spiro atoms. The summed E-state index contributed by atoms with van der Waals surface area (Å²) in [6.45, 7) is 10.1. The van der Waals surface area contributed by atoms with Crippen LogP contribution in [0.3, 0.4) is 0 Å². The lowest BCUT2D eigenvalue weighted by Gasteiger charge is -2.28. The van der Waals surface area contributed by atoms with Crippen molar-refractivity contribution in [1.82, 2.24) is 0 Å². The second-order valence-corrected chi connectivity index (χ2v) is 13.7. The van der Waals surface area contributed by atoms with Crippen LogP contribution in [0.15, 0.2) is 0 Å². The molecule has 0 atom stereocenters. The molecule has 0 N–H and O–H groups in total. The van der Waals surface area contributed by atoms with Gasteiger partial charge in [-0.2, -0.15) is 0 Å². The minimum Gasteiger partial charge on any atom is -0.347 e. The summed E-state index contributed by atoms with van der Waals surface area (Å²) in [6.07, 6.45) is 31.5. The smallest absolute Gasteiger partial charge is 0.157 e. The van der Waals surface area contributed by atoms with Crippen LogP contribution >= 0.6 is 7.26 Å². The lowest BCUT2D eigenvalue weighted by atomic mass is 10.1. The third kappa shape index (κ3) is 18.8. The van der Waals surface area contributed by atoms with Crippen molar-refractivity contribution < 1.29 is 4.74 Å². The van der Waals surface area contributed by atoms with Crippen LogP contribution < -0.4 is 0 Å². The first-order valence-electron chi connectivity index (χ1n) is 13.7. The molecule has 0 aliphatic heterocycles. The number of hydrogen-bond acceptors (Lipinski definition) is 1. The van der Waals surface area contributed by atoms with Crippen molar-refractivity contribution in [3.8, 4) is 0 Å². The van der Waals surface area contributed by atoms with E-state index in [0.717, 1.165) is 13.0 Å². The van der Waals surface area contributed by atoms with Gasteiger partial charge in [-0.15, -0.1) is 0 Å². The van der Waals surface area contributed by atoms with Crippen LogP contribution in [0.1, 0.15) is 143 Å². The van der Waals surface area contributed by atoms with Gasteiger partial charge in [-0.3, -0.25) is 0 Å². The van der Waals surface area contributed by atoms with E-state index >= 15 is 0 Å². The summed E-state index contributed by atoms with van der Waals surface area (Å²) in [5, 5.41) is 0. The predicted molar refractivity (Wildman–Crippen MR) is 138 cm³/mol. The Labute approximate surface area is 186 Å². The number of unbranched alkanes of at least 4 members (excludes halogenated alkanes) is 15. The predicted octanol–water partition coefficient (Wildman–Crippen LogP) is 10.1. The maximum atomic E-state index is 6.14. The van der Waals surface area contributed by atoms with E-state index in [1.54, 1.807) is 0 Å². The molecule has 0 amide bonds. The van der Waals surface area contributed by atoms with Gasteiger partial charge in [-0.05, 0) is 45.4 Å². The quantitative estimate of drug-likeness (QED) is 0.109. The van der Waals surface area contributed by atoms with Gasteiger partial charge < -0.3 is 4.74 Å². The molecule has 29 heavy (non-hydrogen) atoms. The van der Waals surface area contributed by atoms with Crippen LogP contribution in [0.4, 0.5) is 0 Å². The van der Waals surface area contributed by atoms with Crippen molar-refractivity contribution in [2.75, 3.05) is 31.4 Å². The van der Waals surface area contributed by atoms with Crippen LogP contribution in [0, 0.1) is 0 Å². The van der Waals surface area contributed by atoms with Gasteiger partial charge in [0.1, 0.15) is 0 Å². The largest absolute Gasteiger partial charge is 0.347 e. The van der Waals surface area contributed by atoms with Gasteiger partial charge in [-0.1, -0.05) is 97.8 Å². The average molecular weight is 430 g/mol. The lowest BCUT2D eigenvalue weighted by Crippen LogP contribution is -2.15. The molecule has 0 unspecified atom stereocenters. The molecule has 176 valence electrons. The zero-order valence-electron chi connectivity index (χ0n) is 21.1. The van der Waals surface area contributed by atoms with Crippen molar-refractivity contribution in [3.05, 3.63) is 0 Å². The first-order valence-corrected chi connectivity index (χ1v) is 16.2. The van der Waals surface area contributed by atoms with Gasteiger partial charge >= 0.3 is 0 Å². The van der Waals surface area contributed by atoms with E-state index in [1.165, 1.54) is 134 Å². The van der Waals surface area contributed by atoms with Crippen molar-refractivity contribution >= 4 is 7.26 Å². The molecule has 0 saturated carbocycles. The summed E-state index contributed by atoms with van der Waals surface area (Å²) in [6, 6.07) is 0. The Kier molecular flexibility index (Phi) is 23.4. The SMILES string of the molecule is CCCCCCCC[P+](CCCCCCCC)(CCCCCCCC)COCC. The summed E-state index contributed by atoms with van der Waals surface area (Å²) in [5.74, 6) is 0. The first kappa shape index (κ1) is 29.4. The zero-order chi connectivity index (χ0) is 21.5. The van der Waals surface area contributed by atoms with Gasteiger partial charge in [0, 0.05) is 13.9 Å². The summed E-state index contributed by atoms with van der Waals surface area (Å²) >= 11 is 0. The molecule has 0 aromatic rings. The zero-order valence-corrected chi connectivity index (χ0v) is 22.0. The van der Waals surface area contributed by atoms with Crippen LogP contribution in [0.5, 0.6) is 0 Å². The Morgan fingerprint density at radius 3 is 1.03 bits per heavy atom.